The minimum atomic E-state index is -1.03. The van der Waals surface area contributed by atoms with E-state index < -0.39 is 23.6 Å². The quantitative estimate of drug-likeness (QED) is 0.702. The van der Waals surface area contributed by atoms with Crippen LogP contribution in [-0.4, -0.2) is 28.7 Å². The van der Waals surface area contributed by atoms with Gasteiger partial charge in [0.1, 0.15) is 5.60 Å². The van der Waals surface area contributed by atoms with Crippen LogP contribution in [0.15, 0.2) is 42.5 Å². The molecule has 0 fully saturated rings. The van der Waals surface area contributed by atoms with Crippen molar-refractivity contribution in [3.8, 4) is 0 Å². The predicted molar refractivity (Wildman–Crippen MR) is 107 cm³/mol. The molecule has 2 aromatic rings. The van der Waals surface area contributed by atoms with Gasteiger partial charge in [0.2, 0.25) is 0 Å². The molecule has 0 aromatic heterocycles. The minimum absolute atomic E-state index is 0.172. The van der Waals surface area contributed by atoms with Gasteiger partial charge in [0.05, 0.1) is 16.9 Å². The Morgan fingerprint density at radius 1 is 1.00 bits per heavy atom. The molecule has 0 spiro atoms. The second-order valence-electron chi connectivity index (χ2n) is 7.16. The molecule has 0 radical (unpaired) electrons. The number of aryl methyl sites for hydroxylation is 1. The molecule has 7 heteroatoms. The van der Waals surface area contributed by atoms with E-state index in [1.165, 1.54) is 12.1 Å². The van der Waals surface area contributed by atoms with E-state index in [1.54, 1.807) is 51.1 Å². The number of rotatable bonds is 5. The van der Waals surface area contributed by atoms with Gasteiger partial charge in [-0.05, 0) is 63.1 Å². The molecule has 0 aliphatic heterocycles. The first-order valence-electron chi connectivity index (χ1n) is 8.87. The summed E-state index contributed by atoms with van der Waals surface area (Å²) in [5.41, 5.74) is 1.21. The highest BCUT2D eigenvalue weighted by molar-refractivity contribution is 6.07. The monoisotopic (exact) mass is 384 g/mol. The van der Waals surface area contributed by atoms with Crippen LogP contribution < -0.4 is 10.6 Å². The SMILES string of the molecule is CCc1cc(C(=O)Nc2ccccc2NC(=O)OC(C)(C)C)ccc1C(=O)O. The maximum atomic E-state index is 12.6. The number of nitrogens with one attached hydrogen (secondary N) is 2. The fraction of sp³-hybridized carbons (Fsp3) is 0.286. The Kier molecular flexibility index (Phi) is 6.41. The molecule has 3 N–H and O–H groups in total. The van der Waals surface area contributed by atoms with E-state index >= 15 is 0 Å². The summed E-state index contributed by atoms with van der Waals surface area (Å²) >= 11 is 0. The lowest BCUT2D eigenvalue weighted by atomic mass is 10.0. The molecule has 0 saturated heterocycles. The van der Waals surface area contributed by atoms with E-state index in [4.69, 9.17) is 4.74 Å². The predicted octanol–water partition coefficient (Wildman–Crippen LogP) is 4.55. The number of amides is 2. The van der Waals surface area contributed by atoms with Gasteiger partial charge in [0.15, 0.2) is 0 Å². The number of carbonyl (C=O) groups excluding carboxylic acids is 2. The molecule has 2 aromatic carbocycles. The van der Waals surface area contributed by atoms with Crippen molar-refractivity contribution in [1.82, 2.24) is 0 Å². The number of ether oxygens (including phenoxy) is 1. The molecule has 28 heavy (non-hydrogen) atoms. The maximum absolute atomic E-state index is 12.6. The Bertz CT molecular complexity index is 900. The smallest absolute Gasteiger partial charge is 0.412 e. The van der Waals surface area contributed by atoms with Crippen molar-refractivity contribution in [1.29, 1.82) is 0 Å². The summed E-state index contributed by atoms with van der Waals surface area (Å²) in [5.74, 6) is -1.44. The van der Waals surface area contributed by atoms with Crippen LogP contribution in [0.2, 0.25) is 0 Å². The standard InChI is InChI=1S/C21H24N2O5/c1-5-13-12-14(10-11-15(13)19(25)26)18(24)22-16-8-6-7-9-17(16)23-20(27)28-21(2,3)4/h6-12H,5H2,1-4H3,(H,22,24)(H,23,27)(H,25,26). The summed E-state index contributed by atoms with van der Waals surface area (Å²) < 4.78 is 5.23. The van der Waals surface area contributed by atoms with E-state index in [0.717, 1.165) is 0 Å². The third kappa shape index (κ3) is 5.57. The second-order valence-corrected chi connectivity index (χ2v) is 7.16. The zero-order chi connectivity index (χ0) is 20.9. The van der Waals surface area contributed by atoms with Crippen molar-refractivity contribution in [2.24, 2.45) is 0 Å². The number of carboxylic acid groups (broad SMARTS) is 1. The number of para-hydroxylation sites is 2. The van der Waals surface area contributed by atoms with Gasteiger partial charge in [-0.3, -0.25) is 10.1 Å². The fourth-order valence-electron chi connectivity index (χ4n) is 2.55. The molecular formula is C21H24N2O5. The topological polar surface area (TPSA) is 105 Å². The van der Waals surface area contributed by atoms with Crippen LogP contribution in [0, 0.1) is 0 Å². The van der Waals surface area contributed by atoms with Crippen molar-refractivity contribution in [3.05, 3.63) is 59.2 Å². The number of hydrogen-bond donors (Lipinski definition) is 3. The van der Waals surface area contributed by atoms with Crippen LogP contribution in [0.4, 0.5) is 16.2 Å². The Balaban J connectivity index is 2.21. The Labute approximate surface area is 163 Å². The van der Waals surface area contributed by atoms with Crippen molar-refractivity contribution < 1.29 is 24.2 Å². The van der Waals surface area contributed by atoms with Gasteiger partial charge < -0.3 is 15.2 Å². The number of benzene rings is 2. The highest BCUT2D eigenvalue weighted by Crippen LogP contribution is 2.23. The number of aromatic carboxylic acids is 1. The summed E-state index contributed by atoms with van der Waals surface area (Å²) in [5, 5.41) is 14.6. The third-order valence-corrected chi connectivity index (χ3v) is 3.79. The van der Waals surface area contributed by atoms with Gasteiger partial charge in [0, 0.05) is 5.56 Å². The maximum Gasteiger partial charge on any atom is 0.412 e. The summed E-state index contributed by atoms with van der Waals surface area (Å²) in [6.45, 7) is 7.09. The van der Waals surface area contributed by atoms with Crippen LogP contribution in [-0.2, 0) is 11.2 Å². The lowest BCUT2D eigenvalue weighted by molar-refractivity contribution is 0.0634. The molecule has 7 nitrogen and oxygen atoms in total. The average Bonchev–Trinajstić information content (AvgIpc) is 2.61. The van der Waals surface area contributed by atoms with Gasteiger partial charge >= 0.3 is 12.1 Å². The summed E-state index contributed by atoms with van der Waals surface area (Å²) in [7, 11) is 0. The Morgan fingerprint density at radius 3 is 2.14 bits per heavy atom. The first-order valence-corrected chi connectivity index (χ1v) is 8.87. The number of hydrogen-bond acceptors (Lipinski definition) is 4. The van der Waals surface area contributed by atoms with E-state index in [1.807, 2.05) is 6.92 Å². The van der Waals surface area contributed by atoms with E-state index in [-0.39, 0.29) is 5.56 Å². The van der Waals surface area contributed by atoms with Gasteiger partial charge in [-0.15, -0.1) is 0 Å². The largest absolute Gasteiger partial charge is 0.478 e. The molecule has 148 valence electrons. The molecule has 2 amide bonds. The number of carboxylic acids is 1. The zero-order valence-corrected chi connectivity index (χ0v) is 16.3. The first kappa shape index (κ1) is 21.0. The molecular weight excluding hydrogens is 360 g/mol. The lowest BCUT2D eigenvalue weighted by Gasteiger charge is -2.20. The third-order valence-electron chi connectivity index (χ3n) is 3.79. The normalized spacial score (nSPS) is 10.9. The summed E-state index contributed by atoms with van der Waals surface area (Å²) in [6, 6.07) is 11.2. The average molecular weight is 384 g/mol. The van der Waals surface area contributed by atoms with Crippen LogP contribution in [0.25, 0.3) is 0 Å². The second kappa shape index (κ2) is 8.56. The van der Waals surface area contributed by atoms with E-state index in [0.29, 0.717) is 28.9 Å². The molecule has 0 atom stereocenters. The van der Waals surface area contributed by atoms with Gasteiger partial charge in [0.25, 0.3) is 5.91 Å². The Hall–Kier alpha value is -3.35. The van der Waals surface area contributed by atoms with Crippen LogP contribution in [0.3, 0.4) is 0 Å². The fourth-order valence-corrected chi connectivity index (χ4v) is 2.55. The van der Waals surface area contributed by atoms with Crippen LogP contribution in [0.5, 0.6) is 0 Å². The highest BCUT2D eigenvalue weighted by atomic mass is 16.6. The molecule has 2 rings (SSSR count). The first-order chi connectivity index (χ1) is 13.1. The van der Waals surface area contributed by atoms with E-state index in [2.05, 4.69) is 10.6 Å². The van der Waals surface area contributed by atoms with Gasteiger partial charge in [-0.1, -0.05) is 19.1 Å². The minimum Gasteiger partial charge on any atom is -0.478 e. The van der Waals surface area contributed by atoms with Crippen molar-refractivity contribution in [3.63, 3.8) is 0 Å². The zero-order valence-electron chi connectivity index (χ0n) is 16.3. The molecule has 0 aliphatic carbocycles. The van der Waals surface area contributed by atoms with Gasteiger partial charge in [-0.2, -0.15) is 0 Å². The molecule has 0 unspecified atom stereocenters. The van der Waals surface area contributed by atoms with Crippen molar-refractivity contribution >= 4 is 29.3 Å². The molecule has 0 heterocycles. The molecule has 0 bridgehead atoms. The molecule has 0 saturated carbocycles. The highest BCUT2D eigenvalue weighted by Gasteiger charge is 2.18. The van der Waals surface area contributed by atoms with Crippen LogP contribution >= 0.6 is 0 Å². The Morgan fingerprint density at radius 2 is 1.61 bits per heavy atom. The number of carbonyl (C=O) groups is 3. The molecule has 0 aliphatic rings. The number of anilines is 2. The van der Waals surface area contributed by atoms with Crippen molar-refractivity contribution in [2.75, 3.05) is 10.6 Å². The lowest BCUT2D eigenvalue weighted by Crippen LogP contribution is -2.27. The van der Waals surface area contributed by atoms with Crippen LogP contribution in [0.1, 0.15) is 54.0 Å². The van der Waals surface area contributed by atoms with Gasteiger partial charge in [-0.25, -0.2) is 9.59 Å². The summed E-state index contributed by atoms with van der Waals surface area (Å²) in [6.07, 6.45) is -0.146. The van der Waals surface area contributed by atoms with Crippen molar-refractivity contribution in [2.45, 2.75) is 39.7 Å². The summed E-state index contributed by atoms with van der Waals surface area (Å²) in [4.78, 5) is 35.9. The van der Waals surface area contributed by atoms with E-state index in [9.17, 15) is 19.5 Å².